The average molecular weight is 274 g/mol. The molecule has 0 saturated carbocycles. The van der Waals surface area contributed by atoms with Gasteiger partial charge in [-0.05, 0) is 24.1 Å². The Bertz CT molecular complexity index is 371. The molecule has 0 fully saturated rings. The molecule has 2 nitrogen and oxygen atoms in total. The smallest absolute Gasteiger partial charge is 0.126 e. The zero-order valence-electron chi connectivity index (χ0n) is 11.0. The second kappa shape index (κ2) is 6.50. The van der Waals surface area contributed by atoms with E-state index >= 15 is 0 Å². The van der Waals surface area contributed by atoms with E-state index in [1.165, 1.54) is 12.1 Å². The van der Waals surface area contributed by atoms with Gasteiger partial charge in [0.15, 0.2) is 0 Å². The highest BCUT2D eigenvalue weighted by Crippen LogP contribution is 2.24. The summed E-state index contributed by atoms with van der Waals surface area (Å²) in [6.45, 7) is 6.35. The van der Waals surface area contributed by atoms with Crippen molar-refractivity contribution in [2.24, 2.45) is 5.84 Å². The first kappa shape index (κ1) is 15.4. The quantitative estimate of drug-likeness (QED) is 0.640. The lowest BCUT2D eigenvalue weighted by Gasteiger charge is -2.22. The molecule has 102 valence electrons. The summed E-state index contributed by atoms with van der Waals surface area (Å²) >= 11 is 1.76. The van der Waals surface area contributed by atoms with Crippen LogP contribution in [0.1, 0.15) is 26.3 Å². The maximum Gasteiger partial charge on any atom is 0.126 e. The fourth-order valence-electron chi connectivity index (χ4n) is 1.53. The van der Waals surface area contributed by atoms with Crippen LogP contribution in [-0.2, 0) is 6.42 Å². The molecule has 1 rings (SSSR count). The largest absolute Gasteiger partial charge is 0.271 e. The number of hydrogen-bond acceptors (Lipinski definition) is 3. The fraction of sp³-hybridized carbons (Fsp3) is 0.538. The maximum absolute atomic E-state index is 13.1. The lowest BCUT2D eigenvalue weighted by molar-refractivity contribution is 0.555. The van der Waals surface area contributed by atoms with Crippen LogP contribution in [0.5, 0.6) is 0 Å². The van der Waals surface area contributed by atoms with Crippen LogP contribution >= 0.6 is 11.8 Å². The molecule has 0 heterocycles. The number of hydrogen-bond donors (Lipinski definition) is 2. The van der Waals surface area contributed by atoms with Gasteiger partial charge in [-0.25, -0.2) is 8.78 Å². The second-order valence-electron chi connectivity index (χ2n) is 5.27. The molecule has 1 aromatic rings. The molecular formula is C13H20F2N2S. The van der Waals surface area contributed by atoms with Crippen molar-refractivity contribution in [1.82, 2.24) is 5.43 Å². The van der Waals surface area contributed by atoms with Crippen LogP contribution in [0.25, 0.3) is 0 Å². The van der Waals surface area contributed by atoms with Gasteiger partial charge < -0.3 is 0 Å². The molecule has 18 heavy (non-hydrogen) atoms. The Morgan fingerprint density at radius 2 is 1.78 bits per heavy atom. The molecule has 0 aliphatic rings. The first-order valence-electron chi connectivity index (χ1n) is 5.85. The van der Waals surface area contributed by atoms with Crippen LogP contribution in [0, 0.1) is 11.6 Å². The van der Waals surface area contributed by atoms with Gasteiger partial charge in [-0.15, -0.1) is 0 Å². The standard InChI is InChI=1S/C13H20F2N2S/c1-13(2,3)18-8-12(17-16)6-9-4-10(14)7-11(15)5-9/h4-5,7,12,17H,6,8,16H2,1-3H3. The van der Waals surface area contributed by atoms with Gasteiger partial charge in [0.1, 0.15) is 11.6 Å². The summed E-state index contributed by atoms with van der Waals surface area (Å²) in [5.74, 6) is 5.16. The summed E-state index contributed by atoms with van der Waals surface area (Å²) in [6, 6.07) is 3.55. The van der Waals surface area contributed by atoms with Gasteiger partial charge in [0.05, 0.1) is 0 Å². The van der Waals surface area contributed by atoms with Gasteiger partial charge in [-0.1, -0.05) is 20.8 Å². The molecule has 0 aliphatic carbocycles. The normalized spacial score (nSPS) is 13.7. The minimum Gasteiger partial charge on any atom is -0.271 e. The topological polar surface area (TPSA) is 38.0 Å². The van der Waals surface area contributed by atoms with E-state index < -0.39 is 11.6 Å². The number of nitrogens with two attached hydrogens (primary N) is 1. The minimum absolute atomic E-state index is 0.00424. The number of benzene rings is 1. The third kappa shape index (κ3) is 5.80. The molecule has 1 aromatic carbocycles. The van der Waals surface area contributed by atoms with Crippen LogP contribution in [0.2, 0.25) is 0 Å². The number of halogens is 2. The first-order valence-corrected chi connectivity index (χ1v) is 6.84. The van der Waals surface area contributed by atoms with Crippen LogP contribution in [0.4, 0.5) is 8.78 Å². The Kier molecular flexibility index (Phi) is 5.56. The van der Waals surface area contributed by atoms with Crippen molar-refractivity contribution in [2.45, 2.75) is 38.0 Å². The summed E-state index contributed by atoms with van der Waals surface area (Å²) in [7, 11) is 0. The fourth-order valence-corrected chi connectivity index (χ4v) is 2.45. The summed E-state index contributed by atoms with van der Waals surface area (Å²) in [5, 5.41) is 0. The summed E-state index contributed by atoms with van der Waals surface area (Å²) < 4.78 is 26.3. The van der Waals surface area contributed by atoms with Crippen LogP contribution in [0.3, 0.4) is 0 Å². The molecule has 0 amide bonds. The maximum atomic E-state index is 13.1. The minimum atomic E-state index is -0.552. The van der Waals surface area contributed by atoms with Gasteiger partial charge >= 0.3 is 0 Å². The number of hydrazine groups is 1. The molecule has 1 unspecified atom stereocenters. The van der Waals surface area contributed by atoms with E-state index in [1.54, 1.807) is 11.8 Å². The van der Waals surface area contributed by atoms with Crippen LogP contribution in [0.15, 0.2) is 18.2 Å². The number of rotatable bonds is 5. The van der Waals surface area contributed by atoms with Gasteiger partial charge in [-0.3, -0.25) is 11.3 Å². The van der Waals surface area contributed by atoms with E-state index in [-0.39, 0.29) is 10.8 Å². The highest BCUT2D eigenvalue weighted by molar-refractivity contribution is 8.00. The average Bonchev–Trinajstić information content (AvgIpc) is 2.21. The highest BCUT2D eigenvalue weighted by Gasteiger charge is 2.15. The van der Waals surface area contributed by atoms with E-state index in [0.717, 1.165) is 11.8 Å². The van der Waals surface area contributed by atoms with E-state index in [9.17, 15) is 8.78 Å². The summed E-state index contributed by atoms with van der Waals surface area (Å²) in [4.78, 5) is 0. The van der Waals surface area contributed by atoms with Gasteiger partial charge in [0.25, 0.3) is 0 Å². The van der Waals surface area contributed by atoms with Crippen molar-refractivity contribution in [3.63, 3.8) is 0 Å². The molecule has 5 heteroatoms. The van der Waals surface area contributed by atoms with Gasteiger partial charge in [-0.2, -0.15) is 11.8 Å². The Balaban J connectivity index is 2.62. The Hall–Kier alpha value is -0.650. The highest BCUT2D eigenvalue weighted by atomic mass is 32.2. The number of thioether (sulfide) groups is 1. The Labute approximate surface area is 111 Å². The van der Waals surface area contributed by atoms with Crippen molar-refractivity contribution in [3.05, 3.63) is 35.4 Å². The zero-order valence-corrected chi connectivity index (χ0v) is 11.8. The monoisotopic (exact) mass is 274 g/mol. The molecule has 0 aliphatic heterocycles. The van der Waals surface area contributed by atoms with E-state index in [2.05, 4.69) is 26.2 Å². The van der Waals surface area contributed by atoms with Crippen LogP contribution < -0.4 is 11.3 Å². The molecule has 0 bridgehead atoms. The first-order chi connectivity index (χ1) is 8.30. The van der Waals surface area contributed by atoms with E-state index in [0.29, 0.717) is 12.0 Å². The summed E-state index contributed by atoms with van der Waals surface area (Å²) in [6.07, 6.45) is 0.508. The van der Waals surface area contributed by atoms with E-state index in [1.807, 2.05) is 0 Å². The third-order valence-electron chi connectivity index (χ3n) is 2.36. The molecule has 3 N–H and O–H groups in total. The number of nitrogens with one attached hydrogen (secondary N) is 1. The molecule has 0 spiro atoms. The van der Waals surface area contributed by atoms with Crippen molar-refractivity contribution >= 4 is 11.8 Å². The van der Waals surface area contributed by atoms with Crippen LogP contribution in [-0.4, -0.2) is 16.5 Å². The van der Waals surface area contributed by atoms with Gasteiger partial charge in [0, 0.05) is 22.6 Å². The predicted molar refractivity (Wildman–Crippen MR) is 73.4 cm³/mol. The zero-order chi connectivity index (χ0) is 13.8. The van der Waals surface area contributed by atoms with Crippen molar-refractivity contribution in [2.75, 3.05) is 5.75 Å². The molecule has 0 radical (unpaired) electrons. The van der Waals surface area contributed by atoms with Crippen molar-refractivity contribution < 1.29 is 8.78 Å². The van der Waals surface area contributed by atoms with E-state index in [4.69, 9.17) is 5.84 Å². The molecular weight excluding hydrogens is 254 g/mol. The molecule has 0 saturated heterocycles. The lowest BCUT2D eigenvalue weighted by Crippen LogP contribution is -2.39. The van der Waals surface area contributed by atoms with Gasteiger partial charge in [0.2, 0.25) is 0 Å². The third-order valence-corrected chi connectivity index (χ3v) is 3.79. The molecule has 1 atom stereocenters. The molecule has 0 aromatic heterocycles. The second-order valence-corrected chi connectivity index (χ2v) is 7.12. The lowest BCUT2D eigenvalue weighted by atomic mass is 10.1. The SMILES string of the molecule is CC(C)(C)SCC(Cc1cc(F)cc(F)c1)NN. The van der Waals surface area contributed by atoms with Crippen molar-refractivity contribution in [3.8, 4) is 0 Å². The Morgan fingerprint density at radius 3 is 2.22 bits per heavy atom. The van der Waals surface area contributed by atoms with Crippen molar-refractivity contribution in [1.29, 1.82) is 0 Å². The predicted octanol–water partition coefficient (Wildman–Crippen LogP) is 2.87. The Morgan fingerprint density at radius 1 is 1.22 bits per heavy atom. The summed E-state index contributed by atoms with van der Waals surface area (Å²) in [5.41, 5.74) is 3.31.